The van der Waals surface area contributed by atoms with E-state index in [9.17, 15) is 10.1 Å². The van der Waals surface area contributed by atoms with Gasteiger partial charge in [0.05, 0.1) is 11.0 Å². The van der Waals surface area contributed by atoms with Gasteiger partial charge in [-0.2, -0.15) is 0 Å². The van der Waals surface area contributed by atoms with Gasteiger partial charge in [-0.05, 0) is 59.2 Å². The molecular formula is C24H22N2O2. The van der Waals surface area contributed by atoms with Crippen LogP contribution in [0.15, 0.2) is 60.7 Å². The molecule has 0 unspecified atom stereocenters. The first-order valence-electron chi connectivity index (χ1n) is 9.75. The van der Waals surface area contributed by atoms with Gasteiger partial charge in [0.25, 0.3) is 5.69 Å². The average Bonchev–Trinajstić information content (AvgIpc) is 3.19. The largest absolute Gasteiger partial charge is 0.372 e. The molecule has 0 fully saturated rings. The Morgan fingerprint density at radius 1 is 1.11 bits per heavy atom. The number of aryl methyl sites for hydroxylation is 1. The summed E-state index contributed by atoms with van der Waals surface area (Å²) in [6, 6.07) is 16.5. The summed E-state index contributed by atoms with van der Waals surface area (Å²) < 4.78 is 0. The highest BCUT2D eigenvalue weighted by Gasteiger charge is 2.42. The summed E-state index contributed by atoms with van der Waals surface area (Å²) in [5.41, 5.74) is 5.33. The van der Waals surface area contributed by atoms with Gasteiger partial charge in [-0.15, -0.1) is 0 Å². The van der Waals surface area contributed by atoms with Gasteiger partial charge in [-0.1, -0.05) is 54.6 Å². The first kappa shape index (κ1) is 17.0. The second kappa shape index (κ2) is 6.20. The summed E-state index contributed by atoms with van der Waals surface area (Å²) >= 11 is 0. The molecule has 0 bridgehead atoms. The minimum Gasteiger partial charge on any atom is -0.372 e. The Bertz CT molecular complexity index is 1140. The molecule has 0 spiro atoms. The number of nitro benzene ring substituents is 1. The van der Waals surface area contributed by atoms with E-state index in [1.807, 2.05) is 13.0 Å². The van der Waals surface area contributed by atoms with Crippen molar-refractivity contribution in [1.29, 1.82) is 0 Å². The number of fused-ring (bicyclic) bond motifs is 4. The Labute approximate surface area is 164 Å². The van der Waals surface area contributed by atoms with E-state index in [-0.39, 0.29) is 22.6 Å². The van der Waals surface area contributed by atoms with Crippen LogP contribution in [-0.2, 0) is 0 Å². The Balaban J connectivity index is 1.75. The number of nitrogens with zero attached hydrogens (tertiary/aromatic N) is 1. The zero-order valence-electron chi connectivity index (χ0n) is 16.0. The lowest BCUT2D eigenvalue weighted by Crippen LogP contribution is -2.30. The van der Waals surface area contributed by atoms with E-state index >= 15 is 0 Å². The SMILES string of the molecule is Cc1cc([N+](=O)[O-])c2c(c1C)[C@@H]1C=CC[C@@H]1[C@H](c1cccc3ccccc13)N2. The Kier molecular flexibility index (Phi) is 3.76. The van der Waals surface area contributed by atoms with Crippen LogP contribution in [0, 0.1) is 29.9 Å². The number of nitro groups is 1. The third kappa shape index (κ3) is 2.37. The van der Waals surface area contributed by atoms with Gasteiger partial charge in [0, 0.05) is 12.0 Å². The molecule has 0 saturated carbocycles. The molecule has 1 N–H and O–H groups in total. The van der Waals surface area contributed by atoms with Gasteiger partial charge in [-0.25, -0.2) is 0 Å². The zero-order valence-corrected chi connectivity index (χ0v) is 16.0. The molecule has 3 aromatic carbocycles. The minimum atomic E-state index is -0.253. The fourth-order valence-electron chi connectivity index (χ4n) is 5.05. The Morgan fingerprint density at radius 3 is 2.71 bits per heavy atom. The van der Waals surface area contributed by atoms with Crippen molar-refractivity contribution in [3.63, 3.8) is 0 Å². The monoisotopic (exact) mass is 370 g/mol. The summed E-state index contributed by atoms with van der Waals surface area (Å²) in [5, 5.41) is 17.9. The normalized spacial score (nSPS) is 22.6. The summed E-state index contributed by atoms with van der Waals surface area (Å²) in [5.74, 6) is 0.567. The lowest BCUT2D eigenvalue weighted by Gasteiger charge is -2.38. The molecule has 140 valence electrons. The van der Waals surface area contributed by atoms with Gasteiger partial charge in [-0.3, -0.25) is 10.1 Å². The Hall–Kier alpha value is -3.14. The van der Waals surface area contributed by atoms with Crippen molar-refractivity contribution >= 4 is 22.1 Å². The topological polar surface area (TPSA) is 55.2 Å². The molecule has 3 aromatic rings. The van der Waals surface area contributed by atoms with Gasteiger partial charge in [0.1, 0.15) is 5.69 Å². The molecule has 0 radical (unpaired) electrons. The highest BCUT2D eigenvalue weighted by Crippen LogP contribution is 2.54. The van der Waals surface area contributed by atoms with E-state index < -0.39 is 0 Å². The lowest BCUT2D eigenvalue weighted by molar-refractivity contribution is -0.384. The van der Waals surface area contributed by atoms with Crippen molar-refractivity contribution in [2.24, 2.45) is 5.92 Å². The molecule has 1 heterocycles. The number of hydrogen-bond donors (Lipinski definition) is 1. The second-order valence-electron chi connectivity index (χ2n) is 7.93. The standard InChI is InChI=1S/C24H22N2O2/c1-14-13-21(26(27)28)24-22(15(14)2)18-10-6-12-20(18)23(25-24)19-11-5-8-16-7-3-4-9-17(16)19/h3-11,13,18,20,23,25H,12H2,1-2H3/t18-,20+,23+/m1/s1. The summed E-state index contributed by atoms with van der Waals surface area (Å²) in [6.07, 6.45) is 5.46. The number of nitrogens with one attached hydrogen (secondary N) is 1. The minimum absolute atomic E-state index is 0.0411. The highest BCUT2D eigenvalue weighted by atomic mass is 16.6. The predicted octanol–water partition coefficient (Wildman–Crippen LogP) is 6.19. The van der Waals surface area contributed by atoms with E-state index in [1.54, 1.807) is 6.07 Å². The summed E-state index contributed by atoms with van der Waals surface area (Å²) in [4.78, 5) is 11.6. The average molecular weight is 370 g/mol. The van der Waals surface area contributed by atoms with Crippen molar-refractivity contribution in [1.82, 2.24) is 0 Å². The van der Waals surface area contributed by atoms with E-state index in [0.29, 0.717) is 11.6 Å². The van der Waals surface area contributed by atoms with Gasteiger partial charge in [0.15, 0.2) is 0 Å². The third-order valence-electron chi connectivity index (χ3n) is 6.50. The molecule has 0 amide bonds. The maximum absolute atomic E-state index is 11.8. The van der Waals surface area contributed by atoms with Gasteiger partial charge in [0.2, 0.25) is 0 Å². The Morgan fingerprint density at radius 2 is 1.89 bits per heavy atom. The summed E-state index contributed by atoms with van der Waals surface area (Å²) in [6.45, 7) is 4.05. The predicted molar refractivity (Wildman–Crippen MR) is 113 cm³/mol. The molecule has 0 saturated heterocycles. The van der Waals surface area contributed by atoms with E-state index in [0.717, 1.165) is 23.1 Å². The quantitative estimate of drug-likeness (QED) is 0.332. The number of anilines is 1. The maximum atomic E-state index is 11.8. The van der Waals surface area contributed by atoms with Crippen LogP contribution >= 0.6 is 0 Å². The zero-order chi connectivity index (χ0) is 19.4. The van der Waals surface area contributed by atoms with Crippen molar-refractivity contribution in [3.8, 4) is 0 Å². The van der Waals surface area contributed by atoms with Crippen LogP contribution in [0.5, 0.6) is 0 Å². The summed E-state index contributed by atoms with van der Waals surface area (Å²) in [7, 11) is 0. The van der Waals surface area contributed by atoms with E-state index in [1.165, 1.54) is 16.3 Å². The first-order valence-corrected chi connectivity index (χ1v) is 9.75. The van der Waals surface area contributed by atoms with Crippen LogP contribution in [-0.4, -0.2) is 4.92 Å². The number of rotatable bonds is 2. The first-order chi connectivity index (χ1) is 13.6. The van der Waals surface area contributed by atoms with Crippen molar-refractivity contribution < 1.29 is 4.92 Å². The molecule has 5 rings (SSSR count). The van der Waals surface area contributed by atoms with Gasteiger partial charge < -0.3 is 5.32 Å². The van der Waals surface area contributed by atoms with E-state index in [4.69, 9.17) is 0 Å². The van der Waals surface area contributed by atoms with E-state index in [2.05, 4.69) is 60.8 Å². The van der Waals surface area contributed by atoms with Crippen molar-refractivity contribution in [3.05, 3.63) is 93.1 Å². The van der Waals surface area contributed by atoms with Crippen LogP contribution in [0.2, 0.25) is 0 Å². The number of allylic oxidation sites excluding steroid dienone is 2. The molecule has 28 heavy (non-hydrogen) atoms. The van der Waals surface area contributed by atoms with Crippen LogP contribution in [0.1, 0.15) is 40.6 Å². The molecule has 1 aliphatic carbocycles. The molecule has 2 aliphatic rings. The second-order valence-corrected chi connectivity index (χ2v) is 7.93. The molecule has 0 aromatic heterocycles. The van der Waals surface area contributed by atoms with Crippen LogP contribution in [0.4, 0.5) is 11.4 Å². The number of hydrogen-bond acceptors (Lipinski definition) is 3. The third-order valence-corrected chi connectivity index (χ3v) is 6.50. The molecule has 4 nitrogen and oxygen atoms in total. The lowest BCUT2D eigenvalue weighted by atomic mass is 9.74. The van der Waals surface area contributed by atoms with Crippen molar-refractivity contribution in [2.75, 3.05) is 5.32 Å². The molecule has 3 atom stereocenters. The van der Waals surface area contributed by atoms with Crippen LogP contribution < -0.4 is 5.32 Å². The molecule has 4 heteroatoms. The fraction of sp³-hybridized carbons (Fsp3) is 0.250. The molecule has 1 aliphatic heterocycles. The van der Waals surface area contributed by atoms with Crippen molar-refractivity contribution in [2.45, 2.75) is 32.2 Å². The van der Waals surface area contributed by atoms with Gasteiger partial charge >= 0.3 is 0 Å². The van der Waals surface area contributed by atoms with Crippen LogP contribution in [0.25, 0.3) is 10.8 Å². The molecular weight excluding hydrogens is 348 g/mol. The van der Waals surface area contributed by atoms with Crippen LogP contribution in [0.3, 0.4) is 0 Å². The smallest absolute Gasteiger partial charge is 0.292 e. The number of benzene rings is 3. The highest BCUT2D eigenvalue weighted by molar-refractivity contribution is 5.87. The fourth-order valence-corrected chi connectivity index (χ4v) is 5.05. The maximum Gasteiger partial charge on any atom is 0.292 e.